The maximum atomic E-state index is 13.8. The summed E-state index contributed by atoms with van der Waals surface area (Å²) in [5.41, 5.74) is 2.99. The highest BCUT2D eigenvalue weighted by Gasteiger charge is 2.22. The smallest absolute Gasteiger partial charge is 0.227 e. The van der Waals surface area contributed by atoms with E-state index in [0.717, 1.165) is 13.0 Å². The molecule has 128 valence electrons. The number of carbonyl (C=O) groups excluding carboxylic acids is 1. The molecule has 2 N–H and O–H groups in total. The third kappa shape index (κ3) is 3.94. The van der Waals surface area contributed by atoms with Gasteiger partial charge in [-0.05, 0) is 42.6 Å². The van der Waals surface area contributed by atoms with Crippen LogP contribution in [0, 0.1) is 5.82 Å². The maximum absolute atomic E-state index is 13.8. The van der Waals surface area contributed by atoms with E-state index >= 15 is 0 Å². The number of fused-ring (bicyclic) bond motifs is 1. The van der Waals surface area contributed by atoms with Gasteiger partial charge in [0.25, 0.3) is 0 Å². The summed E-state index contributed by atoms with van der Waals surface area (Å²) in [5.74, 6) is -0.994. The Kier molecular flexibility index (Phi) is 6.35. The van der Waals surface area contributed by atoms with Crippen LogP contribution in [0.1, 0.15) is 35.6 Å². The van der Waals surface area contributed by atoms with Gasteiger partial charge in [0.15, 0.2) is 0 Å². The van der Waals surface area contributed by atoms with Crippen molar-refractivity contribution in [1.82, 2.24) is 10.6 Å². The lowest BCUT2D eigenvalue weighted by atomic mass is 9.94. The lowest BCUT2D eigenvalue weighted by Crippen LogP contribution is -2.40. The first-order valence-corrected chi connectivity index (χ1v) is 8.00. The minimum atomic E-state index is -0.505. The fourth-order valence-corrected chi connectivity index (χ4v) is 3.10. The fourth-order valence-electron chi connectivity index (χ4n) is 3.10. The average molecular weight is 349 g/mol. The molecule has 2 unspecified atom stereocenters. The van der Waals surface area contributed by atoms with E-state index in [4.69, 9.17) is 0 Å². The monoisotopic (exact) mass is 348 g/mol. The molecule has 2 atom stereocenters. The standard InChI is InChI=1S/C19H21FN2O.ClH/c1-13(15-7-4-5-9-17(15)20)19(23)22-12-18-16-8-3-2-6-14(16)10-11-21-18;/h2-9,13,18,21H,10-12H2,1H3,(H,22,23);1H. The summed E-state index contributed by atoms with van der Waals surface area (Å²) >= 11 is 0. The van der Waals surface area contributed by atoms with E-state index in [1.807, 2.05) is 12.1 Å². The number of nitrogens with one attached hydrogen (secondary N) is 2. The Morgan fingerprint density at radius 1 is 1.25 bits per heavy atom. The molecule has 0 radical (unpaired) electrons. The van der Waals surface area contributed by atoms with Gasteiger partial charge in [-0.3, -0.25) is 4.79 Å². The minimum absolute atomic E-state index is 0. The zero-order chi connectivity index (χ0) is 16.2. The molecule has 2 aromatic rings. The average Bonchev–Trinajstić information content (AvgIpc) is 2.59. The second kappa shape index (κ2) is 8.27. The van der Waals surface area contributed by atoms with Gasteiger partial charge in [-0.15, -0.1) is 12.4 Å². The second-order valence-electron chi connectivity index (χ2n) is 5.94. The van der Waals surface area contributed by atoms with Crippen LogP contribution in [0.25, 0.3) is 0 Å². The van der Waals surface area contributed by atoms with Crippen molar-refractivity contribution in [3.05, 3.63) is 71.0 Å². The summed E-state index contributed by atoms with van der Waals surface area (Å²) in [6.07, 6.45) is 1.01. The number of rotatable bonds is 4. The zero-order valence-electron chi connectivity index (χ0n) is 13.6. The fraction of sp³-hybridized carbons (Fsp3) is 0.316. The van der Waals surface area contributed by atoms with Crippen LogP contribution in [0.2, 0.25) is 0 Å². The Morgan fingerprint density at radius 2 is 1.96 bits per heavy atom. The topological polar surface area (TPSA) is 41.1 Å². The molecular weight excluding hydrogens is 327 g/mol. The molecule has 0 saturated heterocycles. The molecular formula is C19H22ClFN2O. The number of halogens is 2. The van der Waals surface area contributed by atoms with Gasteiger partial charge in [-0.1, -0.05) is 42.5 Å². The second-order valence-corrected chi connectivity index (χ2v) is 5.94. The summed E-state index contributed by atoms with van der Waals surface area (Å²) in [7, 11) is 0. The molecule has 0 aliphatic carbocycles. The molecule has 1 aliphatic rings. The quantitative estimate of drug-likeness (QED) is 0.889. The molecule has 0 bridgehead atoms. The predicted molar refractivity (Wildman–Crippen MR) is 96.0 cm³/mol. The summed E-state index contributed by atoms with van der Waals surface area (Å²) < 4.78 is 13.8. The Bertz CT molecular complexity index is 707. The number of benzene rings is 2. The van der Waals surface area contributed by atoms with Gasteiger partial charge in [-0.25, -0.2) is 4.39 Å². The lowest BCUT2D eigenvalue weighted by Gasteiger charge is -2.27. The van der Waals surface area contributed by atoms with E-state index in [0.29, 0.717) is 12.1 Å². The highest BCUT2D eigenvalue weighted by atomic mass is 35.5. The van der Waals surface area contributed by atoms with E-state index in [1.54, 1.807) is 25.1 Å². The summed E-state index contributed by atoms with van der Waals surface area (Å²) in [5, 5.41) is 6.38. The van der Waals surface area contributed by atoms with Crippen LogP contribution in [-0.2, 0) is 11.2 Å². The van der Waals surface area contributed by atoms with E-state index in [1.165, 1.54) is 17.2 Å². The van der Waals surface area contributed by atoms with E-state index in [2.05, 4.69) is 22.8 Å². The van der Waals surface area contributed by atoms with Crippen molar-refractivity contribution >= 4 is 18.3 Å². The van der Waals surface area contributed by atoms with E-state index in [-0.39, 0.29) is 30.2 Å². The molecule has 3 rings (SSSR count). The maximum Gasteiger partial charge on any atom is 0.227 e. The highest BCUT2D eigenvalue weighted by molar-refractivity contribution is 5.85. The first kappa shape index (κ1) is 18.4. The first-order chi connectivity index (χ1) is 11.2. The normalized spacial score (nSPS) is 17.3. The molecule has 1 amide bonds. The van der Waals surface area contributed by atoms with Crippen LogP contribution in [0.15, 0.2) is 48.5 Å². The highest BCUT2D eigenvalue weighted by Crippen LogP contribution is 2.23. The molecule has 5 heteroatoms. The van der Waals surface area contributed by atoms with Gasteiger partial charge in [0.2, 0.25) is 5.91 Å². The minimum Gasteiger partial charge on any atom is -0.354 e. The summed E-state index contributed by atoms with van der Waals surface area (Å²) in [4.78, 5) is 12.3. The van der Waals surface area contributed by atoms with Gasteiger partial charge in [0, 0.05) is 12.6 Å². The van der Waals surface area contributed by atoms with Gasteiger partial charge < -0.3 is 10.6 Å². The molecule has 0 aromatic heterocycles. The molecule has 3 nitrogen and oxygen atoms in total. The van der Waals surface area contributed by atoms with E-state index in [9.17, 15) is 9.18 Å². The third-order valence-electron chi connectivity index (χ3n) is 4.46. The van der Waals surface area contributed by atoms with Gasteiger partial charge >= 0.3 is 0 Å². The Hall–Kier alpha value is -1.91. The summed E-state index contributed by atoms with van der Waals surface area (Å²) in [6.45, 7) is 3.14. The van der Waals surface area contributed by atoms with Crippen LogP contribution in [0.3, 0.4) is 0 Å². The van der Waals surface area contributed by atoms with Gasteiger partial charge in [-0.2, -0.15) is 0 Å². The SMILES string of the molecule is CC(C(=O)NCC1NCCc2ccccc21)c1ccccc1F.Cl. The van der Waals surface area contributed by atoms with E-state index < -0.39 is 5.92 Å². The van der Waals surface area contributed by atoms with Crippen LogP contribution < -0.4 is 10.6 Å². The van der Waals surface area contributed by atoms with Crippen molar-refractivity contribution in [1.29, 1.82) is 0 Å². The molecule has 1 aliphatic heterocycles. The van der Waals surface area contributed by atoms with Gasteiger partial charge in [0.1, 0.15) is 5.82 Å². The van der Waals surface area contributed by atoms with Crippen molar-refractivity contribution in [2.45, 2.75) is 25.3 Å². The molecule has 0 fully saturated rings. The van der Waals surface area contributed by atoms with Gasteiger partial charge in [0.05, 0.1) is 5.92 Å². The van der Waals surface area contributed by atoms with Crippen molar-refractivity contribution < 1.29 is 9.18 Å². The Labute approximate surface area is 148 Å². The van der Waals surface area contributed by atoms with Crippen LogP contribution in [0.4, 0.5) is 4.39 Å². The Balaban J connectivity index is 0.00000208. The molecule has 0 saturated carbocycles. The number of hydrogen-bond acceptors (Lipinski definition) is 2. The third-order valence-corrected chi connectivity index (χ3v) is 4.46. The first-order valence-electron chi connectivity index (χ1n) is 8.00. The molecule has 24 heavy (non-hydrogen) atoms. The van der Waals surface area contributed by atoms with Crippen LogP contribution in [0.5, 0.6) is 0 Å². The lowest BCUT2D eigenvalue weighted by molar-refractivity contribution is -0.122. The number of amides is 1. The largest absolute Gasteiger partial charge is 0.354 e. The predicted octanol–water partition coefficient (Wildman–Crippen LogP) is 3.35. The van der Waals surface area contributed by atoms with Crippen molar-refractivity contribution in [2.24, 2.45) is 0 Å². The molecule has 1 heterocycles. The number of carbonyl (C=O) groups is 1. The number of hydrogen-bond donors (Lipinski definition) is 2. The molecule has 0 spiro atoms. The zero-order valence-corrected chi connectivity index (χ0v) is 14.4. The molecule has 2 aromatic carbocycles. The van der Waals surface area contributed by atoms with Crippen molar-refractivity contribution in [3.8, 4) is 0 Å². The van der Waals surface area contributed by atoms with Crippen molar-refractivity contribution in [2.75, 3.05) is 13.1 Å². The van der Waals surface area contributed by atoms with Crippen molar-refractivity contribution in [3.63, 3.8) is 0 Å². The Morgan fingerprint density at radius 3 is 2.75 bits per heavy atom. The summed E-state index contributed by atoms with van der Waals surface area (Å²) in [6, 6.07) is 14.8. The van der Waals surface area contributed by atoms with Crippen LogP contribution >= 0.6 is 12.4 Å². The van der Waals surface area contributed by atoms with Crippen LogP contribution in [-0.4, -0.2) is 19.0 Å².